The number of nitrogens with zero attached hydrogens (tertiary/aromatic N) is 3. The molecule has 0 radical (unpaired) electrons. The summed E-state index contributed by atoms with van der Waals surface area (Å²) in [7, 11) is 3.39. The number of thiophene rings is 1. The molecule has 122 valence electrons. The Morgan fingerprint density at radius 2 is 2.17 bits per heavy atom. The third-order valence-corrected chi connectivity index (χ3v) is 5.60. The van der Waals surface area contributed by atoms with Crippen LogP contribution in [0.15, 0.2) is 17.6 Å². The van der Waals surface area contributed by atoms with Crippen LogP contribution in [0.5, 0.6) is 0 Å². The fraction of sp³-hybridized carbons (Fsp3) is 0.357. The number of likely N-dealkylation sites (N-methyl/N-ethyl adjacent to an activating group) is 1. The largest absolute Gasteiger partial charge is 0.344 e. The minimum absolute atomic E-state index is 0.237. The molecule has 0 aromatic carbocycles. The van der Waals surface area contributed by atoms with E-state index in [9.17, 15) is 9.59 Å². The lowest BCUT2D eigenvalue weighted by atomic mass is 9.89. The maximum absolute atomic E-state index is 12.6. The highest BCUT2D eigenvalue weighted by Crippen LogP contribution is 2.37. The fourth-order valence-corrected chi connectivity index (χ4v) is 3.82. The second-order valence-electron chi connectivity index (χ2n) is 5.41. The van der Waals surface area contributed by atoms with Gasteiger partial charge in [-0.2, -0.15) is 5.10 Å². The Kier molecular flexibility index (Phi) is 4.35. The van der Waals surface area contributed by atoms with E-state index in [0.29, 0.717) is 27.3 Å². The van der Waals surface area contributed by atoms with Crippen molar-refractivity contribution in [2.45, 2.75) is 5.92 Å². The molecule has 9 heteroatoms. The van der Waals surface area contributed by atoms with Crippen molar-refractivity contribution in [1.82, 2.24) is 14.7 Å². The van der Waals surface area contributed by atoms with Crippen molar-refractivity contribution in [2.75, 3.05) is 18.9 Å². The van der Waals surface area contributed by atoms with Crippen LogP contribution in [0.2, 0.25) is 9.49 Å². The molecule has 0 spiro atoms. The smallest absolute Gasteiger partial charge is 0.237 e. The summed E-state index contributed by atoms with van der Waals surface area (Å²) in [5.41, 5.74) is 1.21. The van der Waals surface area contributed by atoms with Crippen LogP contribution in [0.25, 0.3) is 0 Å². The van der Waals surface area contributed by atoms with Gasteiger partial charge in [-0.15, -0.1) is 11.3 Å². The topological polar surface area (TPSA) is 67.2 Å². The number of aryl methyl sites for hydroxylation is 1. The number of rotatable bonds is 3. The van der Waals surface area contributed by atoms with Crippen molar-refractivity contribution in [3.63, 3.8) is 0 Å². The van der Waals surface area contributed by atoms with Crippen molar-refractivity contribution < 1.29 is 9.59 Å². The molecule has 0 bridgehead atoms. The maximum atomic E-state index is 12.6. The summed E-state index contributed by atoms with van der Waals surface area (Å²) in [6.07, 6.45) is 1.61. The molecule has 1 N–H and O–H groups in total. The quantitative estimate of drug-likeness (QED) is 0.841. The third kappa shape index (κ3) is 2.84. The molecule has 1 saturated heterocycles. The molecule has 23 heavy (non-hydrogen) atoms. The van der Waals surface area contributed by atoms with Gasteiger partial charge in [-0.05, 0) is 11.4 Å². The summed E-state index contributed by atoms with van der Waals surface area (Å²) in [6, 6.07) is 1.71. The molecule has 2 amide bonds. The van der Waals surface area contributed by atoms with Crippen LogP contribution in [0, 0.1) is 5.92 Å². The van der Waals surface area contributed by atoms with E-state index in [0.717, 1.165) is 0 Å². The van der Waals surface area contributed by atoms with Crippen molar-refractivity contribution in [1.29, 1.82) is 0 Å². The first-order valence-electron chi connectivity index (χ1n) is 6.86. The second kappa shape index (κ2) is 6.14. The zero-order valence-corrected chi connectivity index (χ0v) is 14.7. The fourth-order valence-electron chi connectivity index (χ4n) is 2.75. The van der Waals surface area contributed by atoms with E-state index in [4.69, 9.17) is 23.2 Å². The number of halogens is 2. The molecule has 1 aliphatic rings. The van der Waals surface area contributed by atoms with Crippen molar-refractivity contribution in [3.05, 3.63) is 32.7 Å². The van der Waals surface area contributed by atoms with Gasteiger partial charge >= 0.3 is 0 Å². The molecule has 6 nitrogen and oxygen atoms in total. The number of carbonyl (C=O) groups is 2. The van der Waals surface area contributed by atoms with Gasteiger partial charge in [0, 0.05) is 32.1 Å². The summed E-state index contributed by atoms with van der Waals surface area (Å²) >= 11 is 13.6. The molecular weight excluding hydrogens is 359 g/mol. The Hall–Kier alpha value is -1.57. The first kappa shape index (κ1) is 16.3. The molecule has 0 saturated carbocycles. The van der Waals surface area contributed by atoms with E-state index in [1.807, 2.05) is 0 Å². The van der Waals surface area contributed by atoms with Crippen LogP contribution in [0.3, 0.4) is 0 Å². The lowest BCUT2D eigenvalue weighted by Crippen LogP contribution is -2.32. The van der Waals surface area contributed by atoms with Crippen LogP contribution in [-0.2, 0) is 16.6 Å². The number of aromatic nitrogens is 2. The molecule has 2 aromatic heterocycles. The van der Waals surface area contributed by atoms with E-state index in [1.165, 1.54) is 20.9 Å². The Bertz CT molecular complexity index is 773. The molecule has 2 aromatic rings. The lowest BCUT2D eigenvalue weighted by molar-refractivity contribution is -0.135. The van der Waals surface area contributed by atoms with Gasteiger partial charge in [0.25, 0.3) is 0 Å². The van der Waals surface area contributed by atoms with E-state index in [-0.39, 0.29) is 17.7 Å². The molecule has 0 aliphatic carbocycles. The van der Waals surface area contributed by atoms with Crippen LogP contribution in [0.1, 0.15) is 11.5 Å². The average Bonchev–Trinajstić information content (AvgIpc) is 3.13. The van der Waals surface area contributed by atoms with E-state index in [1.54, 1.807) is 31.7 Å². The Morgan fingerprint density at radius 3 is 2.74 bits per heavy atom. The van der Waals surface area contributed by atoms with E-state index >= 15 is 0 Å². The first-order valence-corrected chi connectivity index (χ1v) is 8.50. The van der Waals surface area contributed by atoms with Gasteiger partial charge in [-0.25, -0.2) is 0 Å². The minimum Gasteiger partial charge on any atom is -0.344 e. The van der Waals surface area contributed by atoms with Gasteiger partial charge in [0.2, 0.25) is 11.8 Å². The molecule has 3 heterocycles. The molecular formula is C14H14Cl2N4O2S. The van der Waals surface area contributed by atoms with Crippen molar-refractivity contribution in [3.8, 4) is 0 Å². The average molecular weight is 373 g/mol. The lowest BCUT2D eigenvalue weighted by Gasteiger charge is -2.15. The summed E-state index contributed by atoms with van der Waals surface area (Å²) in [4.78, 5) is 26.6. The number of carbonyl (C=O) groups excluding carboxylic acids is 2. The third-order valence-electron chi connectivity index (χ3n) is 3.97. The zero-order valence-electron chi connectivity index (χ0n) is 12.4. The highest BCUT2D eigenvalue weighted by molar-refractivity contribution is 7.15. The minimum atomic E-state index is -0.849. The number of nitrogens with one attached hydrogen (secondary N) is 1. The van der Waals surface area contributed by atoms with Crippen LogP contribution in [-0.4, -0.2) is 40.1 Å². The number of hydrogen-bond donors (Lipinski definition) is 1. The normalized spacial score (nSPS) is 21.0. The SMILES string of the molecule is CN1C[C@H](c2cnn(C)c2Cl)[C@@H](C(=O)Nc2ccsc2Cl)C1=O. The molecule has 0 unspecified atom stereocenters. The summed E-state index contributed by atoms with van der Waals surface area (Å²) in [5.74, 6) is -1.81. The first-order chi connectivity index (χ1) is 10.9. The van der Waals surface area contributed by atoms with Crippen LogP contribution in [0.4, 0.5) is 5.69 Å². The van der Waals surface area contributed by atoms with E-state index < -0.39 is 5.92 Å². The van der Waals surface area contributed by atoms with Gasteiger partial charge in [-0.3, -0.25) is 14.3 Å². The van der Waals surface area contributed by atoms with Gasteiger partial charge in [-0.1, -0.05) is 23.2 Å². The Labute approximate surface area is 147 Å². The second-order valence-corrected chi connectivity index (χ2v) is 7.29. The molecule has 1 aliphatic heterocycles. The Balaban J connectivity index is 1.90. The van der Waals surface area contributed by atoms with Crippen molar-refractivity contribution in [2.24, 2.45) is 13.0 Å². The van der Waals surface area contributed by atoms with Crippen LogP contribution >= 0.6 is 34.5 Å². The van der Waals surface area contributed by atoms with Gasteiger partial charge in [0.05, 0.1) is 11.9 Å². The Morgan fingerprint density at radius 1 is 1.43 bits per heavy atom. The molecule has 1 fully saturated rings. The standard InChI is InChI=1S/C14H14Cl2N4O2S/c1-19-6-8(7-5-17-20(2)11(7)15)10(14(19)22)13(21)18-9-3-4-23-12(9)16/h3-5,8,10H,6H2,1-2H3,(H,18,21)/t8-,10+/m1/s1. The molecule has 2 atom stereocenters. The summed E-state index contributed by atoms with van der Waals surface area (Å²) < 4.78 is 2.00. The highest BCUT2D eigenvalue weighted by atomic mass is 35.5. The number of amides is 2. The van der Waals surface area contributed by atoms with Crippen LogP contribution < -0.4 is 5.32 Å². The number of anilines is 1. The van der Waals surface area contributed by atoms with Gasteiger partial charge in [0.15, 0.2) is 0 Å². The monoisotopic (exact) mass is 372 g/mol. The van der Waals surface area contributed by atoms with Crippen molar-refractivity contribution >= 4 is 52.0 Å². The number of hydrogen-bond acceptors (Lipinski definition) is 4. The highest BCUT2D eigenvalue weighted by Gasteiger charge is 2.45. The zero-order chi connectivity index (χ0) is 16.7. The predicted octanol–water partition coefficient (Wildman–Crippen LogP) is 2.60. The molecule has 3 rings (SSSR count). The van der Waals surface area contributed by atoms with E-state index in [2.05, 4.69) is 10.4 Å². The predicted molar refractivity (Wildman–Crippen MR) is 90.0 cm³/mol. The summed E-state index contributed by atoms with van der Waals surface area (Å²) in [5, 5.41) is 9.04. The van der Waals surface area contributed by atoms with Gasteiger partial charge < -0.3 is 10.2 Å². The maximum Gasteiger partial charge on any atom is 0.237 e. The summed E-state index contributed by atoms with van der Waals surface area (Å²) in [6.45, 7) is 0.416. The van der Waals surface area contributed by atoms with Gasteiger partial charge in [0.1, 0.15) is 15.4 Å². The number of likely N-dealkylation sites (tertiary alicyclic amines) is 1.